The molecule has 3 nitrogen and oxygen atoms in total. The first kappa shape index (κ1) is 16.9. The Morgan fingerprint density at radius 1 is 1.18 bits per heavy atom. The summed E-state index contributed by atoms with van der Waals surface area (Å²) in [4.78, 5) is 0. The first-order valence-electron chi connectivity index (χ1n) is 6.86. The molecule has 1 atom stereocenters. The van der Waals surface area contributed by atoms with E-state index in [1.165, 1.54) is 0 Å². The van der Waals surface area contributed by atoms with E-state index in [-0.39, 0.29) is 0 Å². The van der Waals surface area contributed by atoms with Crippen molar-refractivity contribution in [2.45, 2.75) is 53.6 Å². The second-order valence-electron chi connectivity index (χ2n) is 5.75. The van der Waals surface area contributed by atoms with Gasteiger partial charge in [-0.3, -0.25) is 0 Å². The van der Waals surface area contributed by atoms with Crippen LogP contribution in [0.4, 0.5) is 0 Å². The predicted octanol–water partition coefficient (Wildman–Crippen LogP) is 2.84. The van der Waals surface area contributed by atoms with Crippen LogP contribution >= 0.6 is 0 Å². The van der Waals surface area contributed by atoms with Gasteiger partial charge in [-0.2, -0.15) is 0 Å². The predicted molar refractivity (Wildman–Crippen MR) is 73.5 cm³/mol. The van der Waals surface area contributed by atoms with E-state index in [9.17, 15) is 0 Å². The van der Waals surface area contributed by atoms with Crippen molar-refractivity contribution in [3.63, 3.8) is 0 Å². The molecule has 17 heavy (non-hydrogen) atoms. The minimum absolute atomic E-state index is 0.296. The fourth-order valence-corrected chi connectivity index (χ4v) is 1.37. The number of ether oxygens (including phenoxy) is 2. The van der Waals surface area contributed by atoms with Crippen LogP contribution in [-0.4, -0.2) is 39.0 Å². The van der Waals surface area contributed by atoms with Crippen molar-refractivity contribution < 1.29 is 9.47 Å². The van der Waals surface area contributed by atoms with Crippen LogP contribution in [0, 0.1) is 5.41 Å². The average Bonchev–Trinajstić information content (AvgIpc) is 2.21. The SMILES string of the molecule is CCOCCCNCC(C)OCCC(C)(C)C. The van der Waals surface area contributed by atoms with Crippen LogP contribution in [0.15, 0.2) is 0 Å². The third kappa shape index (κ3) is 13.8. The van der Waals surface area contributed by atoms with Crippen molar-refractivity contribution in [2.24, 2.45) is 5.41 Å². The van der Waals surface area contributed by atoms with Gasteiger partial charge in [0.05, 0.1) is 6.10 Å². The highest BCUT2D eigenvalue weighted by atomic mass is 16.5. The molecular formula is C14H31NO2. The Labute approximate surface area is 107 Å². The standard InChI is InChI=1S/C14H31NO2/c1-6-16-10-7-9-15-12-13(2)17-11-8-14(3,4)5/h13,15H,6-12H2,1-5H3. The van der Waals surface area contributed by atoms with Crippen molar-refractivity contribution in [2.75, 3.05) is 32.9 Å². The van der Waals surface area contributed by atoms with Crippen molar-refractivity contribution in [3.8, 4) is 0 Å². The Morgan fingerprint density at radius 3 is 2.47 bits per heavy atom. The van der Waals surface area contributed by atoms with Gasteiger partial charge in [0.15, 0.2) is 0 Å². The summed E-state index contributed by atoms with van der Waals surface area (Å²) in [5, 5.41) is 3.39. The zero-order valence-electron chi connectivity index (χ0n) is 12.3. The lowest BCUT2D eigenvalue weighted by Gasteiger charge is -2.20. The molecule has 0 bridgehead atoms. The molecule has 1 unspecified atom stereocenters. The Bertz CT molecular complexity index is 166. The lowest BCUT2D eigenvalue weighted by atomic mass is 9.93. The normalized spacial score (nSPS) is 13.9. The van der Waals surface area contributed by atoms with Crippen LogP contribution in [0.5, 0.6) is 0 Å². The third-order valence-corrected chi connectivity index (χ3v) is 2.53. The Morgan fingerprint density at radius 2 is 1.88 bits per heavy atom. The molecule has 0 amide bonds. The first-order chi connectivity index (χ1) is 7.95. The fraction of sp³-hybridized carbons (Fsp3) is 1.00. The van der Waals surface area contributed by atoms with Crippen molar-refractivity contribution >= 4 is 0 Å². The van der Waals surface area contributed by atoms with Gasteiger partial charge in [-0.1, -0.05) is 20.8 Å². The van der Waals surface area contributed by atoms with E-state index in [0.717, 1.165) is 45.8 Å². The highest BCUT2D eigenvalue weighted by Gasteiger charge is 2.10. The number of rotatable bonds is 10. The molecule has 0 aromatic heterocycles. The monoisotopic (exact) mass is 245 g/mol. The topological polar surface area (TPSA) is 30.5 Å². The number of hydrogen-bond acceptors (Lipinski definition) is 3. The summed E-state index contributed by atoms with van der Waals surface area (Å²) in [6.07, 6.45) is 2.48. The smallest absolute Gasteiger partial charge is 0.0671 e. The summed E-state index contributed by atoms with van der Waals surface area (Å²) < 4.78 is 11.0. The zero-order chi connectivity index (χ0) is 13.1. The van der Waals surface area contributed by atoms with E-state index in [1.807, 2.05) is 6.92 Å². The van der Waals surface area contributed by atoms with Crippen LogP contribution in [0.3, 0.4) is 0 Å². The Kier molecular flexibility index (Phi) is 9.79. The summed E-state index contributed by atoms with van der Waals surface area (Å²) in [6, 6.07) is 0. The maximum absolute atomic E-state index is 5.75. The summed E-state index contributed by atoms with van der Waals surface area (Å²) >= 11 is 0. The minimum atomic E-state index is 0.296. The molecule has 0 radical (unpaired) electrons. The molecule has 1 N–H and O–H groups in total. The molecular weight excluding hydrogens is 214 g/mol. The molecule has 104 valence electrons. The van der Waals surface area contributed by atoms with Gasteiger partial charge in [0, 0.05) is 26.4 Å². The van der Waals surface area contributed by atoms with Gasteiger partial charge >= 0.3 is 0 Å². The maximum atomic E-state index is 5.75. The summed E-state index contributed by atoms with van der Waals surface area (Å²) in [5.41, 5.74) is 0.366. The summed E-state index contributed by atoms with van der Waals surface area (Å²) in [6.45, 7) is 15.3. The van der Waals surface area contributed by atoms with E-state index in [4.69, 9.17) is 9.47 Å². The molecule has 0 heterocycles. The van der Waals surface area contributed by atoms with Gasteiger partial charge in [0.2, 0.25) is 0 Å². The van der Waals surface area contributed by atoms with Gasteiger partial charge in [-0.25, -0.2) is 0 Å². The fourth-order valence-electron chi connectivity index (χ4n) is 1.37. The maximum Gasteiger partial charge on any atom is 0.0671 e. The lowest BCUT2D eigenvalue weighted by Crippen LogP contribution is -2.29. The van der Waals surface area contributed by atoms with Gasteiger partial charge in [0.25, 0.3) is 0 Å². The van der Waals surface area contributed by atoms with E-state index in [0.29, 0.717) is 11.5 Å². The van der Waals surface area contributed by atoms with E-state index in [1.54, 1.807) is 0 Å². The van der Waals surface area contributed by atoms with Crippen LogP contribution in [0.25, 0.3) is 0 Å². The second-order valence-corrected chi connectivity index (χ2v) is 5.75. The first-order valence-corrected chi connectivity index (χ1v) is 6.86. The number of hydrogen-bond donors (Lipinski definition) is 1. The lowest BCUT2D eigenvalue weighted by molar-refractivity contribution is 0.0488. The Hall–Kier alpha value is -0.120. The molecule has 0 saturated heterocycles. The average molecular weight is 245 g/mol. The summed E-state index contributed by atoms with van der Waals surface area (Å²) in [5.74, 6) is 0. The molecule has 0 aliphatic rings. The molecule has 0 aromatic rings. The zero-order valence-corrected chi connectivity index (χ0v) is 12.3. The second kappa shape index (κ2) is 9.86. The molecule has 0 aromatic carbocycles. The quantitative estimate of drug-likeness (QED) is 0.600. The van der Waals surface area contributed by atoms with Gasteiger partial charge in [-0.15, -0.1) is 0 Å². The van der Waals surface area contributed by atoms with Crippen molar-refractivity contribution in [1.82, 2.24) is 5.32 Å². The van der Waals surface area contributed by atoms with E-state index >= 15 is 0 Å². The van der Waals surface area contributed by atoms with Crippen molar-refractivity contribution in [3.05, 3.63) is 0 Å². The summed E-state index contributed by atoms with van der Waals surface area (Å²) in [7, 11) is 0. The highest BCUT2D eigenvalue weighted by Crippen LogP contribution is 2.18. The van der Waals surface area contributed by atoms with Crippen LogP contribution in [0.2, 0.25) is 0 Å². The molecule has 3 heteroatoms. The largest absolute Gasteiger partial charge is 0.382 e. The minimum Gasteiger partial charge on any atom is -0.382 e. The van der Waals surface area contributed by atoms with Crippen LogP contribution in [0.1, 0.15) is 47.5 Å². The van der Waals surface area contributed by atoms with Crippen LogP contribution in [-0.2, 0) is 9.47 Å². The van der Waals surface area contributed by atoms with Crippen molar-refractivity contribution in [1.29, 1.82) is 0 Å². The molecule has 0 fully saturated rings. The van der Waals surface area contributed by atoms with E-state index < -0.39 is 0 Å². The van der Waals surface area contributed by atoms with Crippen LogP contribution < -0.4 is 5.32 Å². The molecule has 0 aliphatic heterocycles. The van der Waals surface area contributed by atoms with Gasteiger partial charge in [-0.05, 0) is 38.6 Å². The van der Waals surface area contributed by atoms with E-state index in [2.05, 4.69) is 33.0 Å². The number of nitrogens with one attached hydrogen (secondary N) is 1. The molecule has 0 spiro atoms. The van der Waals surface area contributed by atoms with Gasteiger partial charge < -0.3 is 14.8 Å². The molecule has 0 saturated carbocycles. The van der Waals surface area contributed by atoms with Gasteiger partial charge in [0.1, 0.15) is 0 Å². The molecule has 0 rings (SSSR count). The highest BCUT2D eigenvalue weighted by molar-refractivity contribution is 4.62. The Balaban J connectivity index is 3.26. The third-order valence-electron chi connectivity index (χ3n) is 2.53. The molecule has 0 aliphatic carbocycles.